The summed E-state index contributed by atoms with van der Waals surface area (Å²) in [7, 11) is 0. The Morgan fingerprint density at radius 2 is 0.867 bits per heavy atom. The third-order valence-electron chi connectivity index (χ3n) is 10.7. The largest absolute Gasteiger partial charge is 0.310 e. The van der Waals surface area contributed by atoms with Gasteiger partial charge in [0.2, 0.25) is 0 Å². The van der Waals surface area contributed by atoms with Crippen molar-refractivity contribution in [3.8, 4) is 0 Å². The van der Waals surface area contributed by atoms with Gasteiger partial charge in [-0.05, 0) is 137 Å². The van der Waals surface area contributed by atoms with E-state index in [1.54, 1.807) is 0 Å². The van der Waals surface area contributed by atoms with Crippen molar-refractivity contribution in [2.75, 3.05) is 0 Å². The third kappa shape index (κ3) is 2.14. The second kappa shape index (κ2) is 5.63. The first-order valence-electron chi connectivity index (χ1n) is 12.8. The Morgan fingerprint density at radius 1 is 0.567 bits per heavy atom. The molecule has 0 spiro atoms. The van der Waals surface area contributed by atoms with Crippen molar-refractivity contribution < 1.29 is 0 Å². The Morgan fingerprint density at radius 3 is 1.17 bits per heavy atom. The highest BCUT2D eigenvalue weighted by atomic mass is 32.1. The summed E-state index contributed by atoms with van der Waals surface area (Å²) < 4.78 is 6.70. The Balaban J connectivity index is 1.36. The van der Waals surface area contributed by atoms with E-state index in [2.05, 4.69) is 33.4 Å². The summed E-state index contributed by atoms with van der Waals surface area (Å²) in [5, 5.41) is 0. The first kappa shape index (κ1) is 17.5. The Kier molecular flexibility index (Phi) is 3.28. The first-order valence-corrected chi connectivity index (χ1v) is 13.3. The molecule has 1 heterocycles. The number of hydrogen-bond acceptors (Lipinski definition) is 1. The predicted molar refractivity (Wildman–Crippen MR) is 123 cm³/mol. The van der Waals surface area contributed by atoms with Gasteiger partial charge in [0.05, 0.1) is 11.0 Å². The molecule has 8 aliphatic carbocycles. The Bertz CT molecular complexity index is 949. The number of aromatic nitrogens is 2. The number of fused-ring (bicyclic) bond motifs is 1. The zero-order chi connectivity index (χ0) is 19.7. The van der Waals surface area contributed by atoms with Gasteiger partial charge in [0, 0.05) is 11.1 Å². The van der Waals surface area contributed by atoms with Gasteiger partial charge in [0.1, 0.15) is 0 Å². The lowest BCUT2D eigenvalue weighted by molar-refractivity contribution is -0.0505. The van der Waals surface area contributed by atoms with E-state index in [1.807, 2.05) is 0 Å². The van der Waals surface area contributed by atoms with Gasteiger partial charge in [0.15, 0.2) is 4.77 Å². The molecule has 8 aliphatic rings. The summed E-state index contributed by atoms with van der Waals surface area (Å²) in [6.07, 6.45) is 17.3. The lowest BCUT2D eigenvalue weighted by Gasteiger charge is -2.58. The van der Waals surface area contributed by atoms with Crippen molar-refractivity contribution in [2.24, 2.45) is 35.5 Å². The zero-order valence-electron chi connectivity index (χ0n) is 18.1. The van der Waals surface area contributed by atoms with E-state index in [-0.39, 0.29) is 0 Å². The van der Waals surface area contributed by atoms with Crippen LogP contribution in [-0.2, 0) is 11.1 Å². The van der Waals surface area contributed by atoms with Crippen LogP contribution in [0.15, 0.2) is 24.3 Å². The van der Waals surface area contributed by atoms with Crippen molar-refractivity contribution in [2.45, 2.75) is 88.1 Å². The number of para-hydroxylation sites is 2. The number of hydrogen-bond donors (Lipinski definition) is 0. The second-order valence-electron chi connectivity index (χ2n) is 12.7. The monoisotopic (exact) mass is 418 g/mol. The number of imidazole rings is 1. The van der Waals surface area contributed by atoms with Crippen molar-refractivity contribution in [1.29, 1.82) is 0 Å². The van der Waals surface area contributed by atoms with Crippen LogP contribution in [0.4, 0.5) is 0 Å². The van der Waals surface area contributed by atoms with Crippen LogP contribution in [0.1, 0.15) is 77.0 Å². The van der Waals surface area contributed by atoms with Gasteiger partial charge < -0.3 is 9.13 Å². The molecule has 8 fully saturated rings. The minimum absolute atomic E-state index is 0.318. The van der Waals surface area contributed by atoms with Crippen LogP contribution in [0.5, 0.6) is 0 Å². The standard InChI is InChI=1S/C27H34N2S/c30-25-28(26-11-17-5-18(12-26)7-19(6-17)13-26)23-3-1-2-4-24(23)29(25)27-14-20-8-21(15-27)10-22(9-20)16-27/h1-4,17-22H,5-16H2. The molecule has 158 valence electrons. The Hall–Kier alpha value is -1.09. The highest BCUT2D eigenvalue weighted by Gasteiger charge is 2.55. The van der Waals surface area contributed by atoms with Crippen LogP contribution in [0.3, 0.4) is 0 Å². The van der Waals surface area contributed by atoms with E-state index >= 15 is 0 Å². The van der Waals surface area contributed by atoms with Crippen LogP contribution in [0, 0.1) is 40.3 Å². The molecule has 0 unspecified atom stereocenters. The molecule has 1 aromatic carbocycles. The van der Waals surface area contributed by atoms with Gasteiger partial charge in [-0.3, -0.25) is 0 Å². The molecule has 8 saturated carbocycles. The van der Waals surface area contributed by atoms with Crippen molar-refractivity contribution in [3.05, 3.63) is 29.0 Å². The normalized spacial score (nSPS) is 48.1. The maximum absolute atomic E-state index is 6.49. The molecule has 0 atom stereocenters. The molecule has 1 aromatic heterocycles. The summed E-state index contributed by atoms with van der Waals surface area (Å²) in [5.41, 5.74) is 3.55. The van der Waals surface area contributed by atoms with Crippen molar-refractivity contribution in [1.82, 2.24) is 9.13 Å². The van der Waals surface area contributed by atoms with Crippen LogP contribution < -0.4 is 0 Å². The molecule has 30 heavy (non-hydrogen) atoms. The van der Waals surface area contributed by atoms with Gasteiger partial charge in [-0.2, -0.15) is 0 Å². The third-order valence-corrected chi connectivity index (χ3v) is 11.1. The van der Waals surface area contributed by atoms with Gasteiger partial charge >= 0.3 is 0 Å². The van der Waals surface area contributed by atoms with E-state index < -0.39 is 0 Å². The highest BCUT2D eigenvalue weighted by Crippen LogP contribution is 2.62. The van der Waals surface area contributed by atoms with Crippen molar-refractivity contribution >= 4 is 23.3 Å². The number of rotatable bonds is 2. The van der Waals surface area contributed by atoms with Crippen LogP contribution >= 0.6 is 12.2 Å². The fourth-order valence-corrected chi connectivity index (χ4v) is 11.3. The average molecular weight is 419 g/mol. The number of nitrogens with zero attached hydrogens (tertiary/aromatic N) is 2. The topological polar surface area (TPSA) is 9.86 Å². The molecular formula is C27H34N2S. The van der Waals surface area contributed by atoms with Crippen molar-refractivity contribution in [3.63, 3.8) is 0 Å². The SMILES string of the molecule is S=c1n(C23CC4CC(CC(C4)C2)C3)c2ccccc2n1C12CC3CC(CC(C3)C1)C2. The molecule has 8 bridgehead atoms. The van der Waals surface area contributed by atoms with E-state index in [0.29, 0.717) is 11.1 Å². The average Bonchev–Trinajstić information content (AvgIpc) is 2.99. The highest BCUT2D eigenvalue weighted by molar-refractivity contribution is 7.71. The van der Waals surface area contributed by atoms with Gasteiger partial charge in [-0.15, -0.1) is 0 Å². The van der Waals surface area contributed by atoms with Gasteiger partial charge in [-0.1, -0.05) is 12.1 Å². The molecule has 3 heteroatoms. The quantitative estimate of drug-likeness (QED) is 0.476. The summed E-state index contributed by atoms with van der Waals surface area (Å²) in [6.45, 7) is 0. The van der Waals surface area contributed by atoms with Crippen LogP contribution in [0.25, 0.3) is 11.0 Å². The van der Waals surface area contributed by atoms with Crippen LogP contribution in [0.2, 0.25) is 0 Å². The molecular weight excluding hydrogens is 384 g/mol. The smallest absolute Gasteiger partial charge is 0.181 e. The molecule has 0 amide bonds. The molecule has 2 nitrogen and oxygen atoms in total. The molecule has 0 N–H and O–H groups in total. The predicted octanol–water partition coefficient (Wildman–Crippen LogP) is 7.02. The van der Waals surface area contributed by atoms with Gasteiger partial charge in [0.25, 0.3) is 0 Å². The molecule has 10 rings (SSSR count). The maximum atomic E-state index is 6.49. The van der Waals surface area contributed by atoms with E-state index in [4.69, 9.17) is 12.2 Å². The fourth-order valence-electron chi connectivity index (χ4n) is 10.7. The number of benzene rings is 1. The first-order chi connectivity index (χ1) is 14.6. The van der Waals surface area contributed by atoms with E-state index in [9.17, 15) is 0 Å². The second-order valence-corrected chi connectivity index (χ2v) is 13.1. The van der Waals surface area contributed by atoms with Gasteiger partial charge in [-0.25, -0.2) is 0 Å². The molecule has 2 aromatic rings. The molecule has 0 saturated heterocycles. The lowest BCUT2D eigenvalue weighted by Crippen LogP contribution is -2.53. The molecule has 0 radical (unpaired) electrons. The minimum Gasteiger partial charge on any atom is -0.310 e. The minimum atomic E-state index is 0.318. The summed E-state index contributed by atoms with van der Waals surface area (Å²) in [4.78, 5) is 0. The maximum Gasteiger partial charge on any atom is 0.181 e. The Labute approximate surface area is 185 Å². The zero-order valence-corrected chi connectivity index (χ0v) is 18.9. The van der Waals surface area contributed by atoms with E-state index in [0.717, 1.165) is 35.5 Å². The summed E-state index contributed by atoms with van der Waals surface area (Å²) in [5.74, 6) is 5.75. The summed E-state index contributed by atoms with van der Waals surface area (Å²) in [6, 6.07) is 9.33. The van der Waals surface area contributed by atoms with E-state index in [1.165, 1.54) is 92.9 Å². The molecule has 0 aliphatic heterocycles. The van der Waals surface area contributed by atoms with Crippen LogP contribution in [-0.4, -0.2) is 9.13 Å². The fraction of sp³-hybridized carbons (Fsp3) is 0.741. The lowest BCUT2D eigenvalue weighted by atomic mass is 9.52. The summed E-state index contributed by atoms with van der Waals surface area (Å²) >= 11 is 6.49.